The van der Waals surface area contributed by atoms with Gasteiger partial charge >= 0.3 is 6.09 Å². The number of para-hydroxylation sites is 1. The first-order valence-corrected chi connectivity index (χ1v) is 13.2. The zero-order valence-corrected chi connectivity index (χ0v) is 22.1. The first kappa shape index (κ1) is 25.9. The molecule has 2 aromatic carbocycles. The summed E-state index contributed by atoms with van der Waals surface area (Å²) in [5, 5.41) is 15.2. The van der Waals surface area contributed by atoms with Gasteiger partial charge in [-0.3, -0.25) is 4.79 Å². The largest absolute Gasteiger partial charge is 0.465 e. The van der Waals surface area contributed by atoms with Gasteiger partial charge in [-0.15, -0.1) is 11.3 Å². The van der Waals surface area contributed by atoms with E-state index < -0.39 is 6.09 Å². The van der Waals surface area contributed by atoms with Gasteiger partial charge in [-0.05, 0) is 24.1 Å². The summed E-state index contributed by atoms with van der Waals surface area (Å²) in [6.07, 6.45) is -1.06. The predicted octanol–water partition coefficient (Wildman–Crippen LogP) is 4.51. The van der Waals surface area contributed by atoms with Crippen LogP contribution in [-0.2, 0) is 17.9 Å². The van der Waals surface area contributed by atoms with E-state index in [-0.39, 0.29) is 25.5 Å². The lowest BCUT2D eigenvalue weighted by molar-refractivity contribution is -0.117. The van der Waals surface area contributed by atoms with Crippen LogP contribution in [-0.4, -0.2) is 54.6 Å². The van der Waals surface area contributed by atoms with Crippen molar-refractivity contribution in [3.63, 3.8) is 0 Å². The molecule has 3 aromatic heterocycles. The lowest BCUT2D eigenvalue weighted by atomic mass is 10.1. The van der Waals surface area contributed by atoms with Crippen molar-refractivity contribution < 1.29 is 14.7 Å². The van der Waals surface area contributed by atoms with E-state index in [1.165, 1.54) is 16.2 Å². The molecule has 5 rings (SSSR count). The Balaban J connectivity index is 1.42. The Morgan fingerprint density at radius 3 is 2.56 bits per heavy atom. The fourth-order valence-corrected chi connectivity index (χ4v) is 4.91. The number of anilines is 1. The van der Waals surface area contributed by atoms with Gasteiger partial charge in [-0.2, -0.15) is 0 Å². The number of carboxylic acid groups (broad SMARTS) is 1. The summed E-state index contributed by atoms with van der Waals surface area (Å²) >= 11 is 1.49. The first-order chi connectivity index (χ1) is 18.8. The highest BCUT2D eigenvalue weighted by molar-refractivity contribution is 7.07. The number of carbonyl (C=O) groups is 2. The molecule has 39 heavy (non-hydrogen) atoms. The number of amides is 2. The maximum Gasteiger partial charge on any atom is 0.407 e. The van der Waals surface area contributed by atoms with E-state index >= 15 is 0 Å². The third-order valence-corrected chi connectivity index (χ3v) is 6.92. The van der Waals surface area contributed by atoms with Crippen molar-refractivity contribution in [2.75, 3.05) is 18.8 Å². The molecule has 0 aliphatic rings. The maximum atomic E-state index is 11.8. The monoisotopic (exact) mass is 541 g/mol. The number of nitrogens with two attached hydrogens (primary N) is 1. The normalized spacial score (nSPS) is 11.1. The Morgan fingerprint density at radius 2 is 1.87 bits per heavy atom. The van der Waals surface area contributed by atoms with Crippen LogP contribution in [0.1, 0.15) is 18.1 Å². The van der Waals surface area contributed by atoms with Crippen LogP contribution in [0.5, 0.6) is 0 Å². The molecule has 0 saturated carbocycles. The van der Waals surface area contributed by atoms with Crippen molar-refractivity contribution in [2.45, 2.75) is 20.0 Å². The van der Waals surface area contributed by atoms with Gasteiger partial charge in [0.25, 0.3) is 0 Å². The van der Waals surface area contributed by atoms with Gasteiger partial charge in [-0.25, -0.2) is 19.7 Å². The molecule has 0 radical (unpaired) electrons. The summed E-state index contributed by atoms with van der Waals surface area (Å²) < 4.78 is 2.10. The first-order valence-electron chi connectivity index (χ1n) is 12.2. The summed E-state index contributed by atoms with van der Waals surface area (Å²) in [6.45, 7) is 6.26. The fourth-order valence-electron chi connectivity index (χ4n) is 4.38. The molecule has 0 saturated heterocycles. The second-order valence-electron chi connectivity index (χ2n) is 9.16. The molecule has 0 aliphatic carbocycles. The van der Waals surface area contributed by atoms with Gasteiger partial charge in [0.1, 0.15) is 11.2 Å². The Labute approximate surface area is 228 Å². The Kier molecular flexibility index (Phi) is 7.24. The van der Waals surface area contributed by atoms with E-state index in [1.54, 1.807) is 12.4 Å². The van der Waals surface area contributed by atoms with Crippen molar-refractivity contribution >= 4 is 51.1 Å². The smallest absolute Gasteiger partial charge is 0.407 e. The van der Waals surface area contributed by atoms with Crippen LogP contribution >= 0.6 is 11.3 Å². The molecule has 5 aromatic rings. The van der Waals surface area contributed by atoms with E-state index in [1.807, 2.05) is 53.9 Å². The highest BCUT2D eigenvalue weighted by Gasteiger charge is 2.20. The third kappa shape index (κ3) is 5.43. The van der Waals surface area contributed by atoms with Gasteiger partial charge in [0, 0.05) is 42.5 Å². The Bertz CT molecular complexity index is 1680. The lowest BCUT2D eigenvalue weighted by Crippen LogP contribution is -2.37. The van der Waals surface area contributed by atoms with E-state index in [0.717, 1.165) is 33.2 Å². The number of hydrogen-bond donors (Lipinski definition) is 3. The van der Waals surface area contributed by atoms with Crippen LogP contribution in [0.3, 0.4) is 0 Å². The number of thiazole rings is 1. The van der Waals surface area contributed by atoms with Crippen LogP contribution in [0.2, 0.25) is 0 Å². The van der Waals surface area contributed by atoms with Gasteiger partial charge in [0.15, 0.2) is 11.6 Å². The van der Waals surface area contributed by atoms with Crippen molar-refractivity contribution in [3.05, 3.63) is 82.7 Å². The number of aromatic nitrogens is 4. The summed E-state index contributed by atoms with van der Waals surface area (Å²) in [6, 6.07) is 15.6. The Morgan fingerprint density at radius 1 is 1.13 bits per heavy atom. The highest BCUT2D eigenvalue weighted by Crippen LogP contribution is 2.33. The van der Waals surface area contributed by atoms with Crippen LogP contribution in [0, 0.1) is 0 Å². The van der Waals surface area contributed by atoms with E-state index in [2.05, 4.69) is 26.4 Å². The highest BCUT2D eigenvalue weighted by atomic mass is 32.1. The van der Waals surface area contributed by atoms with Crippen molar-refractivity contribution in [1.82, 2.24) is 29.7 Å². The number of fused-ring (bicyclic) bond motifs is 3. The van der Waals surface area contributed by atoms with Gasteiger partial charge in [-0.1, -0.05) is 49.0 Å². The minimum absolute atomic E-state index is 0.163. The molecule has 10 nitrogen and oxygen atoms in total. The SMILES string of the molecule is C=C(C)C(=O)NCCN(Cc1ccc(Cn2c(-c3cscn3)nc3c(N)nc4ccccc4c32)cc1)C(=O)O. The fraction of sp³-hybridized carbons (Fsp3) is 0.179. The van der Waals surface area contributed by atoms with Crippen LogP contribution < -0.4 is 11.1 Å². The van der Waals surface area contributed by atoms with Crippen LogP contribution in [0.15, 0.2) is 71.6 Å². The number of pyridine rings is 1. The molecular formula is C28H27N7O3S. The summed E-state index contributed by atoms with van der Waals surface area (Å²) in [4.78, 5) is 38.6. The minimum atomic E-state index is -1.06. The molecule has 11 heteroatoms. The zero-order chi connectivity index (χ0) is 27.5. The number of carbonyl (C=O) groups excluding carboxylic acids is 1. The minimum Gasteiger partial charge on any atom is -0.465 e. The molecule has 198 valence electrons. The molecule has 2 amide bonds. The summed E-state index contributed by atoms with van der Waals surface area (Å²) in [5.41, 5.74) is 13.4. The summed E-state index contributed by atoms with van der Waals surface area (Å²) in [5.74, 6) is 0.774. The second kappa shape index (κ2) is 10.9. The number of nitrogens with one attached hydrogen (secondary N) is 1. The number of nitrogens with zero attached hydrogens (tertiary/aromatic N) is 5. The average molecular weight is 542 g/mol. The topological polar surface area (TPSA) is 139 Å². The number of rotatable bonds is 9. The van der Waals surface area contributed by atoms with Gasteiger partial charge in [0.2, 0.25) is 5.91 Å². The Hall–Kier alpha value is -4.77. The predicted molar refractivity (Wildman–Crippen MR) is 152 cm³/mol. The van der Waals surface area contributed by atoms with Crippen molar-refractivity contribution in [1.29, 1.82) is 0 Å². The maximum absolute atomic E-state index is 11.8. The summed E-state index contributed by atoms with van der Waals surface area (Å²) in [7, 11) is 0. The zero-order valence-electron chi connectivity index (χ0n) is 21.3. The van der Waals surface area contributed by atoms with Gasteiger partial charge in [0.05, 0.1) is 16.5 Å². The molecular weight excluding hydrogens is 514 g/mol. The number of benzene rings is 2. The second-order valence-corrected chi connectivity index (χ2v) is 9.88. The molecule has 0 spiro atoms. The van der Waals surface area contributed by atoms with E-state index in [9.17, 15) is 14.7 Å². The molecule has 0 fully saturated rings. The van der Waals surface area contributed by atoms with E-state index in [4.69, 9.17) is 10.7 Å². The number of nitrogen functional groups attached to an aromatic ring is 1. The standard InChI is InChI=1S/C28H27N7O3S/c1-17(2)27(36)30-11-12-34(28(37)38)13-18-7-9-19(10-8-18)14-35-24-20-5-3-4-6-21(20)32-25(29)23(24)33-26(35)22-15-39-16-31-22/h3-10,15-16H,1,11-14H2,2H3,(H2,29,32)(H,30,36)(H,37,38). The molecule has 0 unspecified atom stereocenters. The molecule has 4 N–H and O–H groups in total. The van der Waals surface area contributed by atoms with Crippen molar-refractivity contribution in [2.24, 2.45) is 0 Å². The molecule has 3 heterocycles. The molecule has 0 atom stereocenters. The van der Waals surface area contributed by atoms with E-state index in [0.29, 0.717) is 29.3 Å². The van der Waals surface area contributed by atoms with Gasteiger partial charge < -0.3 is 25.6 Å². The third-order valence-electron chi connectivity index (χ3n) is 6.33. The quantitative estimate of drug-likeness (QED) is 0.233. The molecule has 0 bridgehead atoms. The van der Waals surface area contributed by atoms with Crippen LogP contribution in [0.25, 0.3) is 33.5 Å². The molecule has 0 aliphatic heterocycles. The van der Waals surface area contributed by atoms with Crippen LogP contribution in [0.4, 0.5) is 10.6 Å². The number of imidazole rings is 1. The number of hydrogen-bond acceptors (Lipinski definition) is 7. The average Bonchev–Trinajstić information content (AvgIpc) is 3.58. The van der Waals surface area contributed by atoms with Crippen molar-refractivity contribution in [3.8, 4) is 11.5 Å². The lowest BCUT2D eigenvalue weighted by Gasteiger charge is -2.20.